The first-order valence-corrected chi connectivity index (χ1v) is 25.5. The first-order chi connectivity index (χ1) is 36.7. The van der Waals surface area contributed by atoms with E-state index in [4.69, 9.17) is 0 Å². The zero-order chi connectivity index (χ0) is 49.0. The van der Waals surface area contributed by atoms with Crippen molar-refractivity contribution in [1.82, 2.24) is 4.57 Å². The molecule has 0 unspecified atom stereocenters. The number of hydrogen-bond acceptors (Lipinski definition) is 1. The summed E-state index contributed by atoms with van der Waals surface area (Å²) in [6, 6.07) is 107. The van der Waals surface area contributed by atoms with Crippen LogP contribution < -0.4 is 4.90 Å². The molecule has 2 nitrogen and oxygen atoms in total. The van der Waals surface area contributed by atoms with Crippen LogP contribution in [-0.4, -0.2) is 4.57 Å². The Morgan fingerprint density at radius 3 is 1.36 bits per heavy atom. The van der Waals surface area contributed by atoms with Gasteiger partial charge in [-0.15, -0.1) is 0 Å². The second kappa shape index (κ2) is 18.1. The Balaban J connectivity index is 0.914. The SMILES string of the molecule is c1ccc(-c2cc(-c3ccccc3)cc(-c3ccc(N(c4ccc(-c5ccc6c(ccc7ccccc76)c5)cc4)c4cccc(-c5cccc6c5c5c7ccccc7ccc5n6-c5ccccc5)c4)cc3)c2)cc1. The molecule has 346 valence electrons. The maximum absolute atomic E-state index is 2.43. The Bertz CT molecular complexity index is 4330. The molecule has 14 rings (SSSR count). The zero-order valence-corrected chi connectivity index (χ0v) is 40.6. The number of aromatic nitrogens is 1. The van der Waals surface area contributed by atoms with Gasteiger partial charge in [-0.1, -0.05) is 206 Å². The molecule has 0 amide bonds. The summed E-state index contributed by atoms with van der Waals surface area (Å²) in [5.74, 6) is 0. The van der Waals surface area contributed by atoms with E-state index in [9.17, 15) is 0 Å². The van der Waals surface area contributed by atoms with Crippen molar-refractivity contribution in [2.45, 2.75) is 0 Å². The summed E-state index contributed by atoms with van der Waals surface area (Å²) in [6.45, 7) is 0. The van der Waals surface area contributed by atoms with Crippen LogP contribution in [0.2, 0.25) is 0 Å². The van der Waals surface area contributed by atoms with E-state index < -0.39 is 0 Å². The first kappa shape index (κ1) is 43.1. The maximum Gasteiger partial charge on any atom is 0.0547 e. The third kappa shape index (κ3) is 7.60. The van der Waals surface area contributed by atoms with E-state index >= 15 is 0 Å². The molecule has 0 radical (unpaired) electrons. The summed E-state index contributed by atoms with van der Waals surface area (Å²) in [5.41, 5.74) is 18.6. The molecule has 0 aliphatic heterocycles. The van der Waals surface area contributed by atoms with Crippen molar-refractivity contribution in [1.29, 1.82) is 0 Å². The van der Waals surface area contributed by atoms with Crippen LogP contribution in [0.4, 0.5) is 17.1 Å². The molecular weight excluding hydrogens is 893 g/mol. The van der Waals surface area contributed by atoms with Crippen LogP contribution in [0.15, 0.2) is 291 Å². The maximum atomic E-state index is 2.43. The van der Waals surface area contributed by atoms with E-state index in [-0.39, 0.29) is 0 Å². The highest BCUT2D eigenvalue weighted by Gasteiger charge is 2.21. The lowest BCUT2D eigenvalue weighted by Gasteiger charge is -2.26. The van der Waals surface area contributed by atoms with Crippen molar-refractivity contribution in [2.75, 3.05) is 4.90 Å². The molecule has 0 bridgehead atoms. The van der Waals surface area contributed by atoms with Crippen LogP contribution >= 0.6 is 0 Å². The number of rotatable bonds is 9. The Morgan fingerprint density at radius 1 is 0.230 bits per heavy atom. The van der Waals surface area contributed by atoms with Gasteiger partial charge in [0.05, 0.1) is 11.0 Å². The predicted molar refractivity (Wildman–Crippen MR) is 315 cm³/mol. The first-order valence-electron chi connectivity index (χ1n) is 25.5. The van der Waals surface area contributed by atoms with Gasteiger partial charge < -0.3 is 9.47 Å². The number of nitrogens with zero attached hydrogens (tertiary/aromatic N) is 2. The summed E-state index contributed by atoms with van der Waals surface area (Å²) >= 11 is 0. The lowest BCUT2D eigenvalue weighted by molar-refractivity contribution is 1.18. The highest BCUT2D eigenvalue weighted by atomic mass is 15.1. The number of benzene rings is 13. The number of fused-ring (bicyclic) bond motifs is 8. The van der Waals surface area contributed by atoms with Crippen molar-refractivity contribution in [3.05, 3.63) is 291 Å². The molecule has 0 aliphatic rings. The Morgan fingerprint density at radius 2 is 0.703 bits per heavy atom. The summed E-state index contributed by atoms with van der Waals surface area (Å²) in [4.78, 5) is 2.40. The lowest BCUT2D eigenvalue weighted by atomic mass is 9.93. The molecule has 0 aliphatic carbocycles. The molecule has 74 heavy (non-hydrogen) atoms. The summed E-state index contributed by atoms with van der Waals surface area (Å²) in [5, 5.41) is 10.0. The zero-order valence-electron chi connectivity index (χ0n) is 40.6. The molecule has 14 aromatic rings. The minimum absolute atomic E-state index is 1.07. The number of anilines is 3. The predicted octanol–water partition coefficient (Wildman–Crippen LogP) is 20.0. The average molecular weight is 941 g/mol. The smallest absolute Gasteiger partial charge is 0.0547 e. The van der Waals surface area contributed by atoms with Gasteiger partial charge in [0, 0.05) is 33.5 Å². The molecule has 0 saturated heterocycles. The fourth-order valence-corrected chi connectivity index (χ4v) is 11.4. The van der Waals surface area contributed by atoms with Crippen molar-refractivity contribution >= 4 is 71.2 Å². The quantitative estimate of drug-likeness (QED) is 0.131. The van der Waals surface area contributed by atoms with E-state index in [2.05, 4.69) is 301 Å². The third-order valence-corrected chi connectivity index (χ3v) is 14.9. The number of para-hydroxylation sites is 1. The van der Waals surface area contributed by atoms with E-state index in [1.807, 2.05) is 0 Å². The molecule has 0 N–H and O–H groups in total. The molecule has 0 atom stereocenters. The van der Waals surface area contributed by atoms with E-state index in [0.717, 1.165) is 33.9 Å². The molecule has 0 saturated carbocycles. The molecule has 0 fully saturated rings. The van der Waals surface area contributed by atoms with Gasteiger partial charge in [-0.2, -0.15) is 0 Å². The largest absolute Gasteiger partial charge is 0.310 e. The van der Waals surface area contributed by atoms with E-state index in [1.165, 1.54) is 98.6 Å². The van der Waals surface area contributed by atoms with E-state index in [1.54, 1.807) is 0 Å². The van der Waals surface area contributed by atoms with Gasteiger partial charge in [-0.3, -0.25) is 0 Å². The second-order valence-corrected chi connectivity index (χ2v) is 19.3. The van der Waals surface area contributed by atoms with Crippen LogP contribution in [-0.2, 0) is 0 Å². The van der Waals surface area contributed by atoms with Crippen molar-refractivity contribution in [3.63, 3.8) is 0 Å². The standard InChI is InChI=1S/C72H48N2/c1-4-16-49(17-5-1)58-45-59(50-18-6-2-7-19-50)47-60(46-58)52-34-40-63(41-35-52)73(62-38-32-51(33-39-62)55-36-42-66-57(44-55)31-30-53-20-10-12-26-65(53)66)64-25-14-22-56(48-64)68-28-15-29-69-72(68)71-67-27-13-11-21-54(67)37-43-70(71)74(69)61-23-8-3-9-24-61/h1-48H. The molecule has 1 heterocycles. The average Bonchev–Trinajstić information content (AvgIpc) is 3.84. The normalized spacial score (nSPS) is 11.5. The fraction of sp³-hybridized carbons (Fsp3) is 0. The van der Waals surface area contributed by atoms with Crippen LogP contribution in [0.25, 0.3) is 115 Å². The molecular formula is C72H48N2. The minimum atomic E-state index is 1.07. The fourth-order valence-electron chi connectivity index (χ4n) is 11.4. The highest BCUT2D eigenvalue weighted by Crippen LogP contribution is 2.45. The summed E-state index contributed by atoms with van der Waals surface area (Å²) < 4.78 is 2.43. The molecule has 13 aromatic carbocycles. The van der Waals surface area contributed by atoms with Gasteiger partial charge in [0.1, 0.15) is 0 Å². The van der Waals surface area contributed by atoms with Gasteiger partial charge in [0.2, 0.25) is 0 Å². The summed E-state index contributed by atoms with van der Waals surface area (Å²) in [6.07, 6.45) is 0. The van der Waals surface area contributed by atoms with Gasteiger partial charge in [0.15, 0.2) is 0 Å². The van der Waals surface area contributed by atoms with Gasteiger partial charge in [0.25, 0.3) is 0 Å². The molecule has 2 heteroatoms. The van der Waals surface area contributed by atoms with Crippen LogP contribution in [0.3, 0.4) is 0 Å². The third-order valence-electron chi connectivity index (χ3n) is 14.9. The highest BCUT2D eigenvalue weighted by molar-refractivity contribution is 6.25. The molecule has 0 spiro atoms. The minimum Gasteiger partial charge on any atom is -0.310 e. The van der Waals surface area contributed by atoms with E-state index in [0.29, 0.717) is 0 Å². The summed E-state index contributed by atoms with van der Waals surface area (Å²) in [7, 11) is 0. The van der Waals surface area contributed by atoms with Crippen LogP contribution in [0.5, 0.6) is 0 Å². The molecule has 1 aromatic heterocycles. The monoisotopic (exact) mass is 940 g/mol. The second-order valence-electron chi connectivity index (χ2n) is 19.3. The van der Waals surface area contributed by atoms with Crippen LogP contribution in [0.1, 0.15) is 0 Å². The Labute approximate surface area is 430 Å². The van der Waals surface area contributed by atoms with Gasteiger partial charge in [-0.05, 0) is 173 Å². The van der Waals surface area contributed by atoms with Crippen molar-refractivity contribution in [2.24, 2.45) is 0 Å². The van der Waals surface area contributed by atoms with Crippen molar-refractivity contribution in [3.8, 4) is 61.3 Å². The van der Waals surface area contributed by atoms with Crippen LogP contribution in [0, 0.1) is 0 Å². The lowest BCUT2D eigenvalue weighted by Crippen LogP contribution is -2.10. The Kier molecular flexibility index (Phi) is 10.6. The number of hydrogen-bond donors (Lipinski definition) is 0. The van der Waals surface area contributed by atoms with Gasteiger partial charge in [-0.25, -0.2) is 0 Å². The Hall–Kier alpha value is -9.76. The van der Waals surface area contributed by atoms with Crippen molar-refractivity contribution < 1.29 is 0 Å². The van der Waals surface area contributed by atoms with Gasteiger partial charge >= 0.3 is 0 Å². The topological polar surface area (TPSA) is 8.17 Å².